The Bertz CT molecular complexity index is 300. The van der Waals surface area contributed by atoms with E-state index in [1.807, 2.05) is 17.8 Å². The first kappa shape index (κ1) is 9.68. The second-order valence-electron chi connectivity index (χ2n) is 3.09. The molecular formula is C10H13NO2S. The van der Waals surface area contributed by atoms with Gasteiger partial charge in [0.05, 0.1) is 5.37 Å². The highest BCUT2D eigenvalue weighted by atomic mass is 32.2. The fourth-order valence-corrected chi connectivity index (χ4v) is 2.25. The van der Waals surface area contributed by atoms with Gasteiger partial charge in [0.1, 0.15) is 6.61 Å². The molecule has 2 rings (SSSR count). The van der Waals surface area contributed by atoms with Gasteiger partial charge in [-0.3, -0.25) is 0 Å². The van der Waals surface area contributed by atoms with Crippen LogP contribution in [0.4, 0.5) is 0 Å². The number of ether oxygens (including phenoxy) is 1. The largest absolute Gasteiger partial charge is 0.504 e. The van der Waals surface area contributed by atoms with Gasteiger partial charge in [-0.15, -0.1) is 11.8 Å². The van der Waals surface area contributed by atoms with Crippen molar-refractivity contribution >= 4 is 11.8 Å². The summed E-state index contributed by atoms with van der Waals surface area (Å²) in [6.07, 6.45) is 0. The van der Waals surface area contributed by atoms with Crippen molar-refractivity contribution in [2.75, 3.05) is 18.9 Å². The van der Waals surface area contributed by atoms with Crippen LogP contribution in [0.15, 0.2) is 24.3 Å². The fraction of sp³-hybridized carbons (Fsp3) is 0.400. The Morgan fingerprint density at radius 3 is 3.07 bits per heavy atom. The number of nitrogens with one attached hydrogen (secondary N) is 1. The lowest BCUT2D eigenvalue weighted by atomic mass is 10.3. The Labute approximate surface area is 87.5 Å². The quantitative estimate of drug-likeness (QED) is 0.793. The molecule has 0 unspecified atom stereocenters. The van der Waals surface area contributed by atoms with E-state index in [1.165, 1.54) is 0 Å². The molecule has 1 saturated heterocycles. The van der Waals surface area contributed by atoms with Crippen LogP contribution < -0.4 is 10.1 Å². The molecule has 1 aromatic carbocycles. The molecule has 0 amide bonds. The van der Waals surface area contributed by atoms with E-state index < -0.39 is 0 Å². The van der Waals surface area contributed by atoms with Crippen molar-refractivity contribution in [2.24, 2.45) is 0 Å². The van der Waals surface area contributed by atoms with Crippen molar-refractivity contribution in [1.29, 1.82) is 0 Å². The number of benzene rings is 1. The Morgan fingerprint density at radius 2 is 2.36 bits per heavy atom. The third-order valence-corrected chi connectivity index (χ3v) is 3.19. The second-order valence-corrected chi connectivity index (χ2v) is 4.40. The van der Waals surface area contributed by atoms with Crippen LogP contribution in [0.3, 0.4) is 0 Å². The maximum Gasteiger partial charge on any atom is 0.161 e. The molecule has 0 aromatic heterocycles. The van der Waals surface area contributed by atoms with Gasteiger partial charge >= 0.3 is 0 Å². The minimum atomic E-state index is 0.204. The normalized spacial score (nSPS) is 21.0. The number of hydrogen-bond acceptors (Lipinski definition) is 4. The van der Waals surface area contributed by atoms with Crippen molar-refractivity contribution in [3.63, 3.8) is 0 Å². The van der Waals surface area contributed by atoms with Crippen molar-refractivity contribution < 1.29 is 9.84 Å². The maximum absolute atomic E-state index is 9.43. The van der Waals surface area contributed by atoms with E-state index in [0.29, 0.717) is 17.7 Å². The Hall–Kier alpha value is -0.870. The predicted molar refractivity (Wildman–Crippen MR) is 57.9 cm³/mol. The predicted octanol–water partition coefficient (Wildman–Crippen LogP) is 1.43. The molecule has 1 heterocycles. The van der Waals surface area contributed by atoms with Crippen molar-refractivity contribution in [3.8, 4) is 11.5 Å². The van der Waals surface area contributed by atoms with Gasteiger partial charge in [0.2, 0.25) is 0 Å². The van der Waals surface area contributed by atoms with Crippen LogP contribution in [-0.2, 0) is 0 Å². The van der Waals surface area contributed by atoms with Gasteiger partial charge in [0.15, 0.2) is 11.5 Å². The smallest absolute Gasteiger partial charge is 0.161 e. The highest BCUT2D eigenvalue weighted by molar-refractivity contribution is 8.00. The van der Waals surface area contributed by atoms with E-state index in [4.69, 9.17) is 4.74 Å². The van der Waals surface area contributed by atoms with Gasteiger partial charge < -0.3 is 15.2 Å². The Kier molecular flexibility index (Phi) is 3.16. The fourth-order valence-electron chi connectivity index (χ4n) is 1.33. The molecule has 1 aliphatic rings. The van der Waals surface area contributed by atoms with Gasteiger partial charge in [-0.25, -0.2) is 0 Å². The number of phenols is 1. The summed E-state index contributed by atoms with van der Waals surface area (Å²) < 4.78 is 5.49. The number of phenolic OH excluding ortho intramolecular Hbond substituents is 1. The first-order chi connectivity index (χ1) is 6.86. The molecule has 3 nitrogen and oxygen atoms in total. The summed E-state index contributed by atoms with van der Waals surface area (Å²) in [5, 5.41) is 13.1. The second kappa shape index (κ2) is 4.57. The molecule has 1 aliphatic heterocycles. The molecule has 1 atom stereocenters. The van der Waals surface area contributed by atoms with Crippen molar-refractivity contribution in [1.82, 2.24) is 5.32 Å². The lowest BCUT2D eigenvalue weighted by Gasteiger charge is -2.12. The lowest BCUT2D eigenvalue weighted by molar-refractivity contribution is 0.291. The van der Waals surface area contributed by atoms with Crippen molar-refractivity contribution in [3.05, 3.63) is 24.3 Å². The summed E-state index contributed by atoms with van der Waals surface area (Å²) in [4.78, 5) is 0. The molecule has 0 spiro atoms. The number of aromatic hydroxyl groups is 1. The highest BCUT2D eigenvalue weighted by Crippen LogP contribution is 2.25. The first-order valence-electron chi connectivity index (χ1n) is 4.62. The standard InChI is InChI=1S/C10H13NO2S/c12-8-3-1-2-4-9(8)13-7-10-11-5-6-14-10/h1-4,10-12H,5-7H2/t10-/m0/s1. The number of hydrogen-bond donors (Lipinski definition) is 2. The minimum Gasteiger partial charge on any atom is -0.504 e. The van der Waals surface area contributed by atoms with E-state index in [9.17, 15) is 5.11 Å². The SMILES string of the molecule is Oc1ccccc1OC[C@H]1NCCS1. The van der Waals surface area contributed by atoms with Crippen LogP contribution >= 0.6 is 11.8 Å². The summed E-state index contributed by atoms with van der Waals surface area (Å²) in [6, 6.07) is 7.04. The molecular weight excluding hydrogens is 198 g/mol. The molecule has 2 N–H and O–H groups in total. The van der Waals surface area contributed by atoms with E-state index in [-0.39, 0.29) is 5.75 Å². The van der Waals surface area contributed by atoms with Crippen LogP contribution in [0.1, 0.15) is 0 Å². The van der Waals surface area contributed by atoms with Crippen LogP contribution in [0, 0.1) is 0 Å². The van der Waals surface area contributed by atoms with Gasteiger partial charge in [-0.05, 0) is 12.1 Å². The third kappa shape index (κ3) is 2.33. The van der Waals surface area contributed by atoms with Crippen molar-refractivity contribution in [2.45, 2.75) is 5.37 Å². The van der Waals surface area contributed by atoms with E-state index >= 15 is 0 Å². The summed E-state index contributed by atoms with van der Waals surface area (Å²) in [5.74, 6) is 1.90. The number of thioether (sulfide) groups is 1. The summed E-state index contributed by atoms with van der Waals surface area (Å²) in [5.41, 5.74) is 0. The molecule has 76 valence electrons. The Morgan fingerprint density at radius 1 is 1.50 bits per heavy atom. The topological polar surface area (TPSA) is 41.5 Å². The molecule has 0 saturated carbocycles. The molecule has 0 radical (unpaired) electrons. The van der Waals surface area contributed by atoms with Gasteiger partial charge in [-0.2, -0.15) is 0 Å². The molecule has 0 aliphatic carbocycles. The van der Waals surface area contributed by atoms with Gasteiger partial charge in [-0.1, -0.05) is 12.1 Å². The zero-order valence-electron chi connectivity index (χ0n) is 7.77. The molecule has 0 bridgehead atoms. The number of rotatable bonds is 3. The highest BCUT2D eigenvalue weighted by Gasteiger charge is 2.15. The molecule has 14 heavy (non-hydrogen) atoms. The maximum atomic E-state index is 9.43. The van der Waals surface area contributed by atoms with Crippen LogP contribution in [0.5, 0.6) is 11.5 Å². The summed E-state index contributed by atoms with van der Waals surface area (Å²) in [7, 11) is 0. The van der Waals surface area contributed by atoms with E-state index in [1.54, 1.807) is 18.2 Å². The molecule has 1 aromatic rings. The zero-order chi connectivity index (χ0) is 9.80. The lowest BCUT2D eigenvalue weighted by Crippen LogP contribution is -2.26. The average Bonchev–Trinajstić information content (AvgIpc) is 2.69. The van der Waals surface area contributed by atoms with Crippen LogP contribution in [-0.4, -0.2) is 29.4 Å². The summed E-state index contributed by atoms with van der Waals surface area (Å²) in [6.45, 7) is 1.64. The first-order valence-corrected chi connectivity index (χ1v) is 5.67. The van der Waals surface area contributed by atoms with E-state index in [0.717, 1.165) is 12.3 Å². The monoisotopic (exact) mass is 211 g/mol. The van der Waals surface area contributed by atoms with E-state index in [2.05, 4.69) is 5.32 Å². The average molecular weight is 211 g/mol. The van der Waals surface area contributed by atoms with Gasteiger partial charge in [0, 0.05) is 12.3 Å². The summed E-state index contributed by atoms with van der Waals surface area (Å²) >= 11 is 1.85. The minimum absolute atomic E-state index is 0.204. The molecule has 4 heteroatoms. The molecule has 1 fully saturated rings. The number of para-hydroxylation sites is 2. The van der Waals surface area contributed by atoms with Crippen LogP contribution in [0.25, 0.3) is 0 Å². The zero-order valence-corrected chi connectivity index (χ0v) is 8.59. The van der Waals surface area contributed by atoms with Crippen LogP contribution in [0.2, 0.25) is 0 Å². The Balaban J connectivity index is 1.88. The van der Waals surface area contributed by atoms with Gasteiger partial charge in [0.25, 0.3) is 0 Å². The third-order valence-electron chi connectivity index (χ3n) is 2.05.